The Hall–Kier alpha value is -1.58. The van der Waals surface area contributed by atoms with Crippen LogP contribution in [0.4, 0.5) is 17.1 Å². The number of phenols is 1. The first-order chi connectivity index (χ1) is 6.76. The van der Waals surface area contributed by atoms with Crippen molar-refractivity contribution in [2.75, 3.05) is 18.0 Å². The van der Waals surface area contributed by atoms with Crippen LogP contribution in [-0.4, -0.2) is 18.2 Å². The van der Waals surface area contributed by atoms with E-state index < -0.39 is 0 Å². The highest BCUT2D eigenvalue weighted by molar-refractivity contribution is 5.78. The molecule has 0 saturated heterocycles. The van der Waals surface area contributed by atoms with Crippen molar-refractivity contribution in [2.24, 2.45) is 10.2 Å². The van der Waals surface area contributed by atoms with E-state index in [9.17, 15) is 5.11 Å². The van der Waals surface area contributed by atoms with Crippen LogP contribution in [0.15, 0.2) is 22.4 Å². The van der Waals surface area contributed by atoms with Crippen molar-refractivity contribution >= 4 is 17.1 Å². The lowest BCUT2D eigenvalue weighted by Gasteiger charge is -2.22. The predicted molar refractivity (Wildman–Crippen MR) is 55.8 cm³/mol. The molecule has 74 valence electrons. The summed E-state index contributed by atoms with van der Waals surface area (Å²) < 4.78 is 0. The zero-order chi connectivity index (χ0) is 10.1. The van der Waals surface area contributed by atoms with Gasteiger partial charge in [-0.2, -0.15) is 0 Å². The quantitative estimate of drug-likeness (QED) is 0.810. The first-order valence-corrected chi connectivity index (χ1v) is 4.80. The van der Waals surface area contributed by atoms with Crippen LogP contribution in [0.1, 0.15) is 13.8 Å². The maximum absolute atomic E-state index is 9.59. The number of benzene rings is 1. The van der Waals surface area contributed by atoms with Gasteiger partial charge in [0.15, 0.2) is 5.69 Å². The summed E-state index contributed by atoms with van der Waals surface area (Å²) in [6, 6.07) is 3.69. The summed E-state index contributed by atoms with van der Waals surface area (Å²) in [4.78, 5) is 2.16. The molecule has 0 amide bonds. The van der Waals surface area contributed by atoms with Gasteiger partial charge >= 0.3 is 0 Å². The van der Waals surface area contributed by atoms with Crippen molar-refractivity contribution in [3.63, 3.8) is 0 Å². The van der Waals surface area contributed by atoms with Gasteiger partial charge in [0.05, 0.1) is 0 Å². The molecule has 4 heteroatoms. The van der Waals surface area contributed by atoms with E-state index in [4.69, 9.17) is 0 Å². The summed E-state index contributed by atoms with van der Waals surface area (Å²) >= 11 is 0. The van der Waals surface area contributed by atoms with Crippen LogP contribution in [0.5, 0.6) is 5.75 Å². The third-order valence-electron chi connectivity index (χ3n) is 2.44. The van der Waals surface area contributed by atoms with Crippen molar-refractivity contribution in [3.8, 4) is 5.75 Å². The molecule has 0 radical (unpaired) electrons. The normalized spacial score (nSPS) is 12.1. The molecule has 14 heavy (non-hydrogen) atoms. The van der Waals surface area contributed by atoms with Crippen LogP contribution in [0, 0.1) is 0 Å². The summed E-state index contributed by atoms with van der Waals surface area (Å²) in [5, 5.41) is 17.2. The zero-order valence-corrected chi connectivity index (χ0v) is 8.36. The smallest absolute Gasteiger partial charge is 0.155 e. The molecular weight excluding hydrogens is 178 g/mol. The molecule has 0 spiro atoms. The summed E-state index contributed by atoms with van der Waals surface area (Å²) in [5.74, 6) is 0.222. The largest absolute Gasteiger partial charge is 0.505 e. The van der Waals surface area contributed by atoms with E-state index in [1.807, 2.05) is 6.07 Å². The Morgan fingerprint density at radius 2 is 1.93 bits per heavy atom. The number of hydrogen-bond acceptors (Lipinski definition) is 4. The molecule has 2 rings (SSSR count). The van der Waals surface area contributed by atoms with Gasteiger partial charge in [-0.3, -0.25) is 0 Å². The molecule has 0 unspecified atom stereocenters. The van der Waals surface area contributed by atoms with Gasteiger partial charge in [-0.1, -0.05) is 0 Å². The van der Waals surface area contributed by atoms with Gasteiger partial charge in [0.2, 0.25) is 0 Å². The average Bonchev–Trinajstić information content (AvgIpc) is 2.11. The number of nitrogens with zero attached hydrogens (tertiary/aromatic N) is 3. The molecule has 1 N–H and O–H groups in total. The Morgan fingerprint density at radius 3 is 2.36 bits per heavy atom. The molecule has 1 aromatic carbocycles. The SMILES string of the molecule is CCN(CC)c1cc(O)c2c(c1)N=N2. The summed E-state index contributed by atoms with van der Waals surface area (Å²) in [6.45, 7) is 6.01. The van der Waals surface area contributed by atoms with Crippen LogP contribution >= 0.6 is 0 Å². The maximum atomic E-state index is 9.59. The van der Waals surface area contributed by atoms with Crippen LogP contribution in [-0.2, 0) is 0 Å². The van der Waals surface area contributed by atoms with E-state index in [1.54, 1.807) is 6.07 Å². The van der Waals surface area contributed by atoms with Crippen molar-refractivity contribution in [3.05, 3.63) is 12.1 Å². The van der Waals surface area contributed by atoms with E-state index in [-0.39, 0.29) is 5.75 Å². The van der Waals surface area contributed by atoms with Crippen LogP contribution in [0.25, 0.3) is 0 Å². The minimum Gasteiger partial charge on any atom is -0.505 e. The average molecular weight is 191 g/mol. The van der Waals surface area contributed by atoms with Crippen molar-refractivity contribution < 1.29 is 5.11 Å². The molecule has 4 nitrogen and oxygen atoms in total. The van der Waals surface area contributed by atoms with E-state index in [1.165, 1.54) is 0 Å². The second-order valence-corrected chi connectivity index (χ2v) is 3.20. The maximum Gasteiger partial charge on any atom is 0.155 e. The number of rotatable bonds is 3. The Kier molecular flexibility index (Phi) is 2.11. The fourth-order valence-electron chi connectivity index (χ4n) is 1.60. The van der Waals surface area contributed by atoms with E-state index in [0.717, 1.165) is 24.5 Å². The first kappa shape index (κ1) is 8.99. The predicted octanol–water partition coefficient (Wildman–Crippen LogP) is 2.97. The van der Waals surface area contributed by atoms with Gasteiger partial charge in [-0.25, -0.2) is 0 Å². The Balaban J connectivity index is 2.37. The van der Waals surface area contributed by atoms with Crippen molar-refractivity contribution in [1.82, 2.24) is 0 Å². The second-order valence-electron chi connectivity index (χ2n) is 3.20. The minimum atomic E-state index is 0.222. The van der Waals surface area contributed by atoms with Gasteiger partial charge in [0, 0.05) is 24.8 Å². The number of azo groups is 1. The molecule has 0 saturated carbocycles. The topological polar surface area (TPSA) is 48.2 Å². The molecule has 0 aliphatic carbocycles. The van der Waals surface area contributed by atoms with E-state index in [2.05, 4.69) is 29.0 Å². The molecule has 1 heterocycles. The number of hydrogen-bond donors (Lipinski definition) is 1. The fourth-order valence-corrected chi connectivity index (χ4v) is 1.60. The highest BCUT2D eigenvalue weighted by Gasteiger charge is 2.17. The van der Waals surface area contributed by atoms with Crippen LogP contribution in [0.3, 0.4) is 0 Å². The second kappa shape index (κ2) is 3.29. The molecule has 1 aliphatic heterocycles. The van der Waals surface area contributed by atoms with Gasteiger partial charge in [-0.15, -0.1) is 10.2 Å². The number of fused-ring (bicyclic) bond motifs is 1. The van der Waals surface area contributed by atoms with Crippen molar-refractivity contribution in [1.29, 1.82) is 0 Å². The molecule has 0 fully saturated rings. The monoisotopic (exact) mass is 191 g/mol. The van der Waals surface area contributed by atoms with Crippen LogP contribution in [0.2, 0.25) is 0 Å². The van der Waals surface area contributed by atoms with Gasteiger partial charge in [0.25, 0.3) is 0 Å². The molecule has 1 aliphatic rings. The lowest BCUT2D eigenvalue weighted by atomic mass is 10.2. The third-order valence-corrected chi connectivity index (χ3v) is 2.44. The molecule has 1 aromatic rings. The highest BCUT2D eigenvalue weighted by Crippen LogP contribution is 2.47. The summed E-state index contributed by atoms with van der Waals surface area (Å²) in [5.41, 5.74) is 2.40. The van der Waals surface area contributed by atoms with Crippen LogP contribution < -0.4 is 4.90 Å². The third kappa shape index (κ3) is 1.23. The minimum absolute atomic E-state index is 0.222. The first-order valence-electron chi connectivity index (χ1n) is 4.80. The number of phenolic OH excluding ortho intramolecular Hbond substituents is 1. The highest BCUT2D eigenvalue weighted by atomic mass is 16.3. The lowest BCUT2D eigenvalue weighted by Crippen LogP contribution is -2.21. The summed E-state index contributed by atoms with van der Waals surface area (Å²) in [7, 11) is 0. The molecular formula is C10H13N3O. The fraction of sp³-hybridized carbons (Fsp3) is 0.400. The zero-order valence-electron chi connectivity index (χ0n) is 8.36. The van der Waals surface area contributed by atoms with Gasteiger partial charge < -0.3 is 10.0 Å². The molecule has 0 atom stereocenters. The molecule has 0 bridgehead atoms. The van der Waals surface area contributed by atoms with Crippen molar-refractivity contribution in [2.45, 2.75) is 13.8 Å². The lowest BCUT2D eigenvalue weighted by molar-refractivity contribution is 0.475. The Labute approximate surface area is 82.9 Å². The summed E-state index contributed by atoms with van der Waals surface area (Å²) in [6.07, 6.45) is 0. The standard InChI is InChI=1S/C10H13N3O/c1-3-13(4-2)7-5-8-10(12-11-8)9(14)6-7/h5-6,14H,3-4H2,1-2H3. The van der Waals surface area contributed by atoms with E-state index >= 15 is 0 Å². The van der Waals surface area contributed by atoms with Gasteiger partial charge in [-0.05, 0) is 19.9 Å². The number of anilines is 1. The molecule has 0 aromatic heterocycles. The number of aromatic hydroxyl groups is 1. The van der Waals surface area contributed by atoms with E-state index in [0.29, 0.717) is 5.69 Å². The Morgan fingerprint density at radius 1 is 1.21 bits per heavy atom. The van der Waals surface area contributed by atoms with Gasteiger partial charge in [0.1, 0.15) is 11.4 Å². The Bertz CT molecular complexity index is 383.